The molecule has 1 aliphatic heterocycles. The molecular weight excluding hydrogens is 232 g/mol. The molecule has 1 amide bonds. The average Bonchev–Trinajstić information content (AvgIpc) is 2.29. The summed E-state index contributed by atoms with van der Waals surface area (Å²) >= 11 is 0. The minimum Gasteiger partial charge on any atom is -0.481 e. The maximum absolute atomic E-state index is 12.0. The zero-order valence-electron chi connectivity index (χ0n) is 11.0. The molecule has 1 heterocycles. The number of terminal acetylenes is 1. The Bertz CT molecular complexity index is 363. The van der Waals surface area contributed by atoms with Crippen molar-refractivity contribution in [3.05, 3.63) is 0 Å². The highest BCUT2D eigenvalue weighted by atomic mass is 16.4. The molecule has 0 atom stereocenters. The van der Waals surface area contributed by atoms with Crippen molar-refractivity contribution in [1.29, 1.82) is 0 Å². The fourth-order valence-electron chi connectivity index (χ4n) is 1.85. The number of hydrogen-bond acceptors (Lipinski definition) is 3. The predicted octanol–water partition coefficient (Wildman–Crippen LogP) is 0.265. The molecule has 0 bridgehead atoms. The van der Waals surface area contributed by atoms with E-state index in [4.69, 9.17) is 11.5 Å². The number of carboxylic acids is 1. The zero-order valence-corrected chi connectivity index (χ0v) is 11.0. The van der Waals surface area contributed by atoms with Gasteiger partial charge < -0.3 is 10.0 Å². The molecule has 1 N–H and O–H groups in total. The van der Waals surface area contributed by atoms with Gasteiger partial charge in [-0.1, -0.05) is 5.92 Å². The third kappa shape index (κ3) is 3.74. The first-order chi connectivity index (χ1) is 8.36. The van der Waals surface area contributed by atoms with Gasteiger partial charge >= 0.3 is 5.97 Å². The number of carbonyl (C=O) groups is 2. The first kappa shape index (κ1) is 14.5. The van der Waals surface area contributed by atoms with E-state index in [1.165, 1.54) is 0 Å². The summed E-state index contributed by atoms with van der Waals surface area (Å²) < 4.78 is 0. The van der Waals surface area contributed by atoms with Gasteiger partial charge in [-0.25, -0.2) is 0 Å². The molecule has 0 aliphatic carbocycles. The summed E-state index contributed by atoms with van der Waals surface area (Å²) in [7, 11) is 0. The van der Waals surface area contributed by atoms with Crippen molar-refractivity contribution in [3.63, 3.8) is 0 Å². The van der Waals surface area contributed by atoms with Crippen molar-refractivity contribution >= 4 is 11.9 Å². The fourth-order valence-corrected chi connectivity index (χ4v) is 1.85. The zero-order chi connectivity index (χ0) is 13.8. The molecule has 0 aromatic heterocycles. The van der Waals surface area contributed by atoms with Crippen LogP contribution in [-0.2, 0) is 9.59 Å². The molecule has 1 saturated heterocycles. The summed E-state index contributed by atoms with van der Waals surface area (Å²) in [5.41, 5.74) is -1.01. The Kier molecular flexibility index (Phi) is 4.74. The van der Waals surface area contributed by atoms with Crippen molar-refractivity contribution in [2.24, 2.45) is 5.41 Å². The van der Waals surface area contributed by atoms with Crippen LogP contribution >= 0.6 is 0 Å². The van der Waals surface area contributed by atoms with Gasteiger partial charge in [0.05, 0.1) is 12.0 Å². The number of amides is 1. The van der Waals surface area contributed by atoms with E-state index in [-0.39, 0.29) is 12.3 Å². The maximum Gasteiger partial charge on any atom is 0.309 e. The van der Waals surface area contributed by atoms with Crippen molar-refractivity contribution in [1.82, 2.24) is 9.80 Å². The van der Waals surface area contributed by atoms with E-state index < -0.39 is 11.4 Å². The Morgan fingerprint density at radius 2 is 1.83 bits per heavy atom. The second kappa shape index (κ2) is 5.87. The van der Waals surface area contributed by atoms with E-state index in [1.54, 1.807) is 18.7 Å². The highest BCUT2D eigenvalue weighted by Gasteiger charge is 2.32. The summed E-state index contributed by atoms with van der Waals surface area (Å²) in [5, 5.41) is 9.00. The Labute approximate surface area is 108 Å². The molecule has 1 rings (SSSR count). The molecule has 0 unspecified atom stereocenters. The maximum atomic E-state index is 12.0. The molecule has 0 radical (unpaired) electrons. The lowest BCUT2D eigenvalue weighted by atomic mass is 9.89. The molecule has 0 saturated carbocycles. The van der Waals surface area contributed by atoms with Crippen LogP contribution in [0.15, 0.2) is 0 Å². The number of hydrogen-bond donors (Lipinski definition) is 1. The normalized spacial score (nSPS) is 17.3. The number of aliphatic carboxylic acids is 1. The highest BCUT2D eigenvalue weighted by Crippen LogP contribution is 2.22. The molecule has 100 valence electrons. The number of carbonyl (C=O) groups excluding carboxylic acids is 1. The van der Waals surface area contributed by atoms with Crippen molar-refractivity contribution in [2.45, 2.75) is 20.3 Å². The predicted molar refractivity (Wildman–Crippen MR) is 67.9 cm³/mol. The van der Waals surface area contributed by atoms with Gasteiger partial charge in [0.2, 0.25) is 5.91 Å². The van der Waals surface area contributed by atoms with Crippen LogP contribution in [0.25, 0.3) is 0 Å². The van der Waals surface area contributed by atoms with Gasteiger partial charge in [0, 0.05) is 32.6 Å². The van der Waals surface area contributed by atoms with Gasteiger partial charge in [0.25, 0.3) is 0 Å². The lowest BCUT2D eigenvalue weighted by molar-refractivity contribution is -0.151. The monoisotopic (exact) mass is 252 g/mol. The summed E-state index contributed by atoms with van der Waals surface area (Å²) in [6.45, 7) is 6.49. The van der Waals surface area contributed by atoms with E-state index in [1.807, 2.05) is 0 Å². The van der Waals surface area contributed by atoms with Crippen LogP contribution in [0.5, 0.6) is 0 Å². The summed E-state index contributed by atoms with van der Waals surface area (Å²) in [6.07, 6.45) is 5.27. The van der Waals surface area contributed by atoms with Gasteiger partial charge in [0.1, 0.15) is 0 Å². The van der Waals surface area contributed by atoms with Crippen molar-refractivity contribution in [3.8, 4) is 12.3 Å². The second-order valence-corrected chi connectivity index (χ2v) is 5.23. The smallest absolute Gasteiger partial charge is 0.309 e. The first-order valence-electron chi connectivity index (χ1n) is 6.04. The first-order valence-corrected chi connectivity index (χ1v) is 6.04. The third-order valence-electron chi connectivity index (χ3n) is 3.21. The van der Waals surface area contributed by atoms with Crippen LogP contribution < -0.4 is 0 Å². The van der Waals surface area contributed by atoms with Crippen molar-refractivity contribution in [2.75, 3.05) is 32.7 Å². The topological polar surface area (TPSA) is 60.9 Å². The summed E-state index contributed by atoms with van der Waals surface area (Å²) in [6, 6.07) is 0. The quantitative estimate of drug-likeness (QED) is 0.729. The number of nitrogens with zero attached hydrogens (tertiary/aromatic N) is 2. The lowest BCUT2D eigenvalue weighted by Crippen LogP contribution is -2.49. The van der Waals surface area contributed by atoms with E-state index >= 15 is 0 Å². The molecule has 18 heavy (non-hydrogen) atoms. The van der Waals surface area contributed by atoms with Gasteiger partial charge in [-0.3, -0.25) is 14.5 Å². The van der Waals surface area contributed by atoms with Gasteiger partial charge in [-0.15, -0.1) is 6.42 Å². The molecule has 0 spiro atoms. The minimum absolute atomic E-state index is 0.0392. The van der Waals surface area contributed by atoms with E-state index in [0.29, 0.717) is 19.6 Å². The van der Waals surface area contributed by atoms with Crippen molar-refractivity contribution < 1.29 is 14.7 Å². The Balaban J connectivity index is 2.46. The van der Waals surface area contributed by atoms with Crippen LogP contribution in [-0.4, -0.2) is 59.5 Å². The number of rotatable bonds is 4. The average molecular weight is 252 g/mol. The molecule has 0 aromatic rings. The van der Waals surface area contributed by atoms with Crippen LogP contribution in [0.1, 0.15) is 20.3 Å². The van der Waals surface area contributed by atoms with Crippen LogP contribution in [0, 0.1) is 17.8 Å². The largest absolute Gasteiger partial charge is 0.481 e. The Morgan fingerprint density at radius 1 is 1.28 bits per heavy atom. The van der Waals surface area contributed by atoms with E-state index in [9.17, 15) is 9.59 Å². The summed E-state index contributed by atoms with van der Waals surface area (Å²) in [4.78, 5) is 26.8. The number of carboxylic acid groups (broad SMARTS) is 1. The fraction of sp³-hybridized carbons (Fsp3) is 0.692. The highest BCUT2D eigenvalue weighted by molar-refractivity contribution is 5.84. The third-order valence-corrected chi connectivity index (χ3v) is 3.21. The SMILES string of the molecule is C#CCN1CCN(C(=O)CC(C)(C)C(=O)O)CC1. The standard InChI is InChI=1S/C13H20N2O3/c1-4-5-14-6-8-15(9-7-14)11(16)10-13(2,3)12(17)18/h1H,5-10H2,2-3H3,(H,17,18). The van der Waals surface area contributed by atoms with Gasteiger partial charge in [0.15, 0.2) is 0 Å². The van der Waals surface area contributed by atoms with Crippen LogP contribution in [0.2, 0.25) is 0 Å². The molecule has 5 heteroatoms. The van der Waals surface area contributed by atoms with E-state index in [2.05, 4.69) is 10.8 Å². The minimum atomic E-state index is -1.01. The molecule has 5 nitrogen and oxygen atoms in total. The van der Waals surface area contributed by atoms with Gasteiger partial charge in [-0.2, -0.15) is 0 Å². The molecular formula is C13H20N2O3. The molecule has 0 aromatic carbocycles. The van der Waals surface area contributed by atoms with Gasteiger partial charge in [-0.05, 0) is 13.8 Å². The summed E-state index contributed by atoms with van der Waals surface area (Å²) in [5.74, 6) is 1.54. The molecule has 1 fully saturated rings. The number of piperazine rings is 1. The Hall–Kier alpha value is -1.54. The van der Waals surface area contributed by atoms with E-state index in [0.717, 1.165) is 13.1 Å². The van der Waals surface area contributed by atoms with Crippen LogP contribution in [0.4, 0.5) is 0 Å². The van der Waals surface area contributed by atoms with Crippen LogP contribution in [0.3, 0.4) is 0 Å². The lowest BCUT2D eigenvalue weighted by Gasteiger charge is -2.35. The molecule has 1 aliphatic rings. The second-order valence-electron chi connectivity index (χ2n) is 5.23. The Morgan fingerprint density at radius 3 is 2.28 bits per heavy atom.